The van der Waals surface area contributed by atoms with Crippen LogP contribution in [0.15, 0.2) is 68.7 Å². The second-order valence-electron chi connectivity index (χ2n) is 10.2. The number of hydrogen-bond donors (Lipinski definition) is 1. The fraction of sp³-hybridized carbons (Fsp3) is 0.333. The number of ether oxygens (including phenoxy) is 2. The van der Waals surface area contributed by atoms with Crippen LogP contribution in [0.3, 0.4) is 0 Å². The summed E-state index contributed by atoms with van der Waals surface area (Å²) in [6, 6.07) is 17.7. The summed E-state index contributed by atoms with van der Waals surface area (Å²) in [4.78, 5) is 25.9. The summed E-state index contributed by atoms with van der Waals surface area (Å²) in [6.45, 7) is 10.7. The number of rotatable bonds is 10. The summed E-state index contributed by atoms with van der Waals surface area (Å²) in [6.07, 6.45) is 0.556. The van der Waals surface area contributed by atoms with Crippen LogP contribution >= 0.6 is 0 Å². The molecule has 9 heteroatoms. The first kappa shape index (κ1) is 30.5. The molecule has 39 heavy (non-hydrogen) atoms. The molecule has 0 aliphatic heterocycles. The minimum Gasteiger partial charge on any atom is -0.493 e. The summed E-state index contributed by atoms with van der Waals surface area (Å²) in [5, 5.41) is 9.95. The molecule has 3 aromatic carbocycles. The molecule has 0 atom stereocenters. The van der Waals surface area contributed by atoms with Gasteiger partial charge in [-0.3, -0.25) is 9.53 Å². The second-order valence-corrected chi connectivity index (χ2v) is 10.2. The zero-order valence-corrected chi connectivity index (χ0v) is 25.4. The Morgan fingerprint density at radius 3 is 2.31 bits per heavy atom. The van der Waals surface area contributed by atoms with E-state index in [2.05, 4.69) is 43.1 Å². The maximum Gasteiger partial charge on any atom is 1.00 e. The molecule has 0 saturated heterocycles. The number of aryl methyl sites for hydroxylation is 2. The topological polar surface area (TPSA) is 105 Å². The quantitative estimate of drug-likeness (QED) is 0.304. The molecule has 1 N–H and O–H groups in total. The van der Waals surface area contributed by atoms with Crippen LogP contribution in [0.2, 0.25) is 0 Å². The summed E-state index contributed by atoms with van der Waals surface area (Å²) in [5.74, 6) is 0.620. The van der Waals surface area contributed by atoms with Crippen molar-refractivity contribution >= 4 is 0 Å². The smallest absolute Gasteiger partial charge is 0.493 e. The van der Waals surface area contributed by atoms with Crippen molar-refractivity contribution in [2.45, 2.75) is 59.8 Å². The molecule has 0 spiro atoms. The molecular formula is C30H33N2NaO6. The summed E-state index contributed by atoms with van der Waals surface area (Å²) < 4.78 is 17.7. The molecule has 200 valence electrons. The number of aromatic nitrogens is 2. The minimum atomic E-state index is -0.899. The number of hydrogen-bond acceptors (Lipinski definition) is 6. The number of aliphatic hydroxyl groups is 1. The first-order valence-electron chi connectivity index (χ1n) is 12.5. The van der Waals surface area contributed by atoms with Gasteiger partial charge >= 0.3 is 35.3 Å². The van der Waals surface area contributed by atoms with Crippen molar-refractivity contribution in [1.29, 1.82) is 0 Å². The van der Waals surface area contributed by atoms with E-state index in [1.165, 1.54) is 0 Å². The fourth-order valence-corrected chi connectivity index (χ4v) is 4.18. The van der Waals surface area contributed by atoms with Gasteiger partial charge in [-0.25, -0.2) is 4.79 Å². The normalized spacial score (nSPS) is 11.2. The van der Waals surface area contributed by atoms with Crippen LogP contribution in [0.4, 0.5) is 0 Å². The zero-order valence-electron chi connectivity index (χ0n) is 23.4. The molecule has 1 aromatic heterocycles. The van der Waals surface area contributed by atoms with Gasteiger partial charge in [-0.1, -0.05) is 30.3 Å². The molecular weight excluding hydrogens is 507 g/mol. The molecule has 0 amide bonds. The Balaban J connectivity index is 0.00000420. The van der Waals surface area contributed by atoms with Crippen molar-refractivity contribution in [2.75, 3.05) is 6.61 Å². The van der Waals surface area contributed by atoms with Gasteiger partial charge in [-0.05, 0) is 97.8 Å². The average Bonchev–Trinajstić information content (AvgIpc) is 3.17. The summed E-state index contributed by atoms with van der Waals surface area (Å²) in [5.41, 5.74) is 5.97. The van der Waals surface area contributed by atoms with Gasteiger partial charge in [0.25, 0.3) is 0 Å². The largest absolute Gasteiger partial charge is 1.00 e. The molecule has 0 fully saturated rings. The predicted molar refractivity (Wildman–Crippen MR) is 145 cm³/mol. The fourth-order valence-electron chi connectivity index (χ4n) is 4.18. The van der Waals surface area contributed by atoms with Gasteiger partial charge in [0, 0.05) is 13.0 Å². The van der Waals surface area contributed by atoms with Crippen LogP contribution in [0.5, 0.6) is 11.5 Å². The molecule has 4 rings (SSSR count). The molecule has 0 bridgehead atoms. The van der Waals surface area contributed by atoms with Crippen molar-refractivity contribution in [1.82, 2.24) is 9.72 Å². The van der Waals surface area contributed by atoms with Gasteiger partial charge < -0.3 is 24.1 Å². The Kier molecular flexibility index (Phi) is 10.1. The van der Waals surface area contributed by atoms with E-state index in [0.717, 1.165) is 49.4 Å². The molecule has 0 unspecified atom stereocenters. The zero-order chi connectivity index (χ0) is 27.4. The van der Waals surface area contributed by atoms with E-state index in [0.29, 0.717) is 25.4 Å². The van der Waals surface area contributed by atoms with Crippen molar-refractivity contribution in [2.24, 2.45) is 0 Å². The predicted octanol–water partition coefficient (Wildman–Crippen LogP) is 1.52. The van der Waals surface area contributed by atoms with Gasteiger partial charge in [-0.15, -0.1) is 0 Å². The maximum absolute atomic E-state index is 11.6. The standard InChI is InChI=1S/C30H34N2O6.Na/c1-19-16-27(36-14-13-30(4,5)35)20(2)15-26(19)25-8-6-7-23(21(25)3)18-37-24-11-9-22(10-12-24)17-32-28(33)31-29(34)38-32;/h6-12,15-16,35H,13-14,17-18H2,1-5H3,(H,31,33,34);/q;+1/p-1. The third-order valence-electron chi connectivity index (χ3n) is 6.46. The minimum absolute atomic E-state index is 0. The van der Waals surface area contributed by atoms with E-state index in [1.54, 1.807) is 13.8 Å². The second kappa shape index (κ2) is 12.9. The first-order valence-corrected chi connectivity index (χ1v) is 12.5. The monoisotopic (exact) mass is 540 g/mol. The van der Waals surface area contributed by atoms with Crippen LogP contribution in [0, 0.1) is 20.8 Å². The molecule has 8 nitrogen and oxygen atoms in total. The molecule has 0 radical (unpaired) electrons. The molecule has 0 aliphatic rings. The van der Waals surface area contributed by atoms with E-state index >= 15 is 0 Å². The number of benzene rings is 3. The Hall–Kier alpha value is -3.04. The van der Waals surface area contributed by atoms with E-state index in [9.17, 15) is 14.7 Å². The van der Waals surface area contributed by atoms with E-state index in [1.807, 2.05) is 37.3 Å². The number of nitrogens with zero attached hydrogens (tertiary/aromatic N) is 2. The molecule has 1 heterocycles. The van der Waals surface area contributed by atoms with Crippen LogP contribution in [0.25, 0.3) is 11.1 Å². The van der Waals surface area contributed by atoms with Gasteiger partial charge in [-0.2, -0.15) is 0 Å². The molecule has 0 saturated carbocycles. The summed E-state index contributed by atoms with van der Waals surface area (Å²) >= 11 is 0. The van der Waals surface area contributed by atoms with Gasteiger partial charge in [0.05, 0.1) is 12.2 Å². The SMILES string of the molecule is Cc1cc(-c2cccc(COc3ccc(Cn4oc(=O)[n-]c4=O)cc3)c2C)c(C)cc1OCCC(C)(C)O.[Na+]. The van der Waals surface area contributed by atoms with E-state index in [4.69, 9.17) is 14.0 Å². The van der Waals surface area contributed by atoms with Crippen LogP contribution in [0.1, 0.15) is 48.1 Å². The Morgan fingerprint density at radius 1 is 0.949 bits per heavy atom. The van der Waals surface area contributed by atoms with Gasteiger partial charge in [0.15, 0.2) is 5.69 Å². The van der Waals surface area contributed by atoms with Crippen molar-refractivity contribution in [3.8, 4) is 22.6 Å². The maximum atomic E-state index is 11.6. The van der Waals surface area contributed by atoms with E-state index in [-0.39, 0.29) is 36.1 Å². The van der Waals surface area contributed by atoms with Crippen LogP contribution in [-0.4, -0.2) is 22.1 Å². The van der Waals surface area contributed by atoms with Gasteiger partial charge in [0.1, 0.15) is 18.1 Å². The van der Waals surface area contributed by atoms with Crippen LogP contribution in [-0.2, 0) is 13.2 Å². The van der Waals surface area contributed by atoms with Crippen molar-refractivity contribution in [3.63, 3.8) is 0 Å². The van der Waals surface area contributed by atoms with Gasteiger partial charge in [0.2, 0.25) is 0 Å². The first-order chi connectivity index (χ1) is 18.0. The Morgan fingerprint density at radius 2 is 1.67 bits per heavy atom. The molecule has 0 aliphatic carbocycles. The van der Waals surface area contributed by atoms with Crippen molar-refractivity contribution in [3.05, 3.63) is 103 Å². The average molecular weight is 541 g/mol. The van der Waals surface area contributed by atoms with Crippen LogP contribution < -0.4 is 55.5 Å². The Labute approximate surface area is 249 Å². The Bertz CT molecular complexity index is 1530. The third kappa shape index (κ3) is 7.99. The third-order valence-corrected chi connectivity index (χ3v) is 6.46. The summed E-state index contributed by atoms with van der Waals surface area (Å²) in [7, 11) is 0. The van der Waals surface area contributed by atoms with E-state index < -0.39 is 17.0 Å². The molecule has 4 aromatic rings. The van der Waals surface area contributed by atoms with Crippen molar-refractivity contribution < 1.29 is 48.7 Å².